The van der Waals surface area contributed by atoms with Gasteiger partial charge in [-0.15, -0.1) is 0 Å². The van der Waals surface area contributed by atoms with Gasteiger partial charge in [0.15, 0.2) is 11.5 Å². The third-order valence-corrected chi connectivity index (χ3v) is 2.25. The highest BCUT2D eigenvalue weighted by molar-refractivity contribution is 5.98. The van der Waals surface area contributed by atoms with Crippen LogP contribution in [-0.4, -0.2) is 23.9 Å². The predicted octanol–water partition coefficient (Wildman–Crippen LogP) is 1.81. The maximum absolute atomic E-state index is 11.3. The maximum atomic E-state index is 11.3. The van der Waals surface area contributed by atoms with Crippen molar-refractivity contribution >= 4 is 30.0 Å². The number of rotatable bonds is 5. The first kappa shape index (κ1) is 17.8. The molecule has 0 bridgehead atoms. The summed E-state index contributed by atoms with van der Waals surface area (Å²) in [4.78, 5) is 44.3. The second-order valence-electron chi connectivity index (χ2n) is 4.17. The first-order valence-corrected chi connectivity index (χ1v) is 6.39. The summed E-state index contributed by atoms with van der Waals surface area (Å²) < 4.78 is 14.2. The van der Waals surface area contributed by atoms with Gasteiger partial charge in [0.25, 0.3) is 0 Å². The van der Waals surface area contributed by atoms with Gasteiger partial charge in [0.2, 0.25) is 0 Å². The SMILES string of the molecule is C=CC(=O)OC(=O)C=Cc1ccc(OC(C)=O)c(OC(C)=O)c1. The highest BCUT2D eigenvalue weighted by Gasteiger charge is 2.11. The minimum atomic E-state index is -0.881. The van der Waals surface area contributed by atoms with E-state index >= 15 is 0 Å². The third kappa shape index (κ3) is 6.38. The summed E-state index contributed by atoms with van der Waals surface area (Å²) in [7, 11) is 0. The minimum absolute atomic E-state index is 0.0189. The zero-order valence-electron chi connectivity index (χ0n) is 12.5. The molecule has 0 radical (unpaired) electrons. The summed E-state index contributed by atoms with van der Waals surface area (Å²) in [6.45, 7) is 5.56. The standard InChI is InChI=1S/C16H14O7/c1-4-15(19)23-16(20)8-6-12-5-7-13(21-10(2)17)14(9-12)22-11(3)18/h4-9H,1H2,2-3H3. The number of benzene rings is 1. The quantitative estimate of drug-likeness (QED) is 0.353. The van der Waals surface area contributed by atoms with E-state index < -0.39 is 23.9 Å². The van der Waals surface area contributed by atoms with Gasteiger partial charge in [-0.05, 0) is 23.8 Å². The summed E-state index contributed by atoms with van der Waals surface area (Å²) in [6.07, 6.45) is 3.21. The Labute approximate surface area is 132 Å². The molecule has 0 saturated carbocycles. The smallest absolute Gasteiger partial charge is 0.338 e. The van der Waals surface area contributed by atoms with Gasteiger partial charge < -0.3 is 14.2 Å². The van der Waals surface area contributed by atoms with Gasteiger partial charge in [-0.25, -0.2) is 9.59 Å². The van der Waals surface area contributed by atoms with E-state index in [1.54, 1.807) is 0 Å². The van der Waals surface area contributed by atoms with Gasteiger partial charge in [0.05, 0.1) is 0 Å². The maximum Gasteiger partial charge on any atom is 0.338 e. The molecule has 1 rings (SSSR count). The van der Waals surface area contributed by atoms with Crippen molar-refractivity contribution in [1.82, 2.24) is 0 Å². The van der Waals surface area contributed by atoms with Gasteiger partial charge in [-0.2, -0.15) is 0 Å². The summed E-state index contributed by atoms with van der Waals surface area (Å²) in [5.41, 5.74) is 0.458. The fourth-order valence-electron chi connectivity index (χ4n) is 1.44. The van der Waals surface area contributed by atoms with E-state index in [4.69, 9.17) is 9.47 Å². The highest BCUT2D eigenvalue weighted by atomic mass is 16.6. The number of hydrogen-bond acceptors (Lipinski definition) is 7. The van der Waals surface area contributed by atoms with Crippen molar-refractivity contribution in [1.29, 1.82) is 0 Å². The van der Waals surface area contributed by atoms with Crippen LogP contribution in [0.3, 0.4) is 0 Å². The second kappa shape index (κ2) is 8.28. The van der Waals surface area contributed by atoms with Crippen LogP contribution in [0.4, 0.5) is 0 Å². The lowest BCUT2D eigenvalue weighted by atomic mass is 10.2. The predicted molar refractivity (Wildman–Crippen MR) is 79.4 cm³/mol. The monoisotopic (exact) mass is 318 g/mol. The number of hydrogen-bond donors (Lipinski definition) is 0. The Bertz CT molecular complexity index is 686. The molecule has 0 amide bonds. The van der Waals surface area contributed by atoms with Crippen molar-refractivity contribution in [3.05, 3.63) is 42.5 Å². The average molecular weight is 318 g/mol. The molecule has 0 aromatic heterocycles. The summed E-state index contributed by atoms with van der Waals surface area (Å²) in [5, 5.41) is 0. The Hall–Kier alpha value is -3.22. The molecule has 0 saturated heterocycles. The number of ether oxygens (including phenoxy) is 3. The summed E-state index contributed by atoms with van der Waals surface area (Å²) in [6, 6.07) is 4.31. The van der Waals surface area contributed by atoms with Crippen LogP contribution < -0.4 is 9.47 Å². The van der Waals surface area contributed by atoms with Crippen LogP contribution >= 0.6 is 0 Å². The van der Waals surface area contributed by atoms with E-state index in [-0.39, 0.29) is 11.5 Å². The van der Waals surface area contributed by atoms with E-state index in [0.717, 1.165) is 12.2 Å². The summed E-state index contributed by atoms with van der Waals surface area (Å²) in [5.74, 6) is -2.85. The van der Waals surface area contributed by atoms with Gasteiger partial charge in [0, 0.05) is 26.0 Å². The molecule has 0 heterocycles. The van der Waals surface area contributed by atoms with Gasteiger partial charge >= 0.3 is 23.9 Å². The van der Waals surface area contributed by atoms with Crippen LogP contribution in [0.1, 0.15) is 19.4 Å². The molecule has 0 fully saturated rings. The molecule has 0 atom stereocenters. The van der Waals surface area contributed by atoms with Crippen LogP contribution in [0.2, 0.25) is 0 Å². The molecule has 0 aliphatic rings. The Morgan fingerprint density at radius 2 is 1.57 bits per heavy atom. The lowest BCUT2D eigenvalue weighted by Crippen LogP contribution is -2.07. The zero-order valence-corrected chi connectivity index (χ0v) is 12.5. The lowest BCUT2D eigenvalue weighted by molar-refractivity contribution is -0.152. The number of carbonyl (C=O) groups excluding carboxylic acids is 4. The molecule has 23 heavy (non-hydrogen) atoms. The van der Waals surface area contributed by atoms with Crippen LogP contribution in [0.25, 0.3) is 6.08 Å². The molecule has 0 spiro atoms. The average Bonchev–Trinajstić information content (AvgIpc) is 2.46. The van der Waals surface area contributed by atoms with Gasteiger partial charge in [-0.1, -0.05) is 12.6 Å². The van der Waals surface area contributed by atoms with E-state index in [1.165, 1.54) is 38.1 Å². The first-order chi connectivity index (χ1) is 10.8. The van der Waals surface area contributed by atoms with E-state index in [0.29, 0.717) is 5.56 Å². The molecular formula is C16H14O7. The molecule has 1 aromatic carbocycles. The van der Waals surface area contributed by atoms with E-state index in [2.05, 4.69) is 11.3 Å². The zero-order chi connectivity index (χ0) is 17.4. The molecule has 0 N–H and O–H groups in total. The van der Waals surface area contributed by atoms with Gasteiger partial charge in [-0.3, -0.25) is 9.59 Å². The van der Waals surface area contributed by atoms with Crippen molar-refractivity contribution in [3.63, 3.8) is 0 Å². The van der Waals surface area contributed by atoms with Crippen LogP contribution in [0, 0.1) is 0 Å². The van der Waals surface area contributed by atoms with Crippen molar-refractivity contribution in [2.75, 3.05) is 0 Å². The molecule has 7 nitrogen and oxygen atoms in total. The van der Waals surface area contributed by atoms with Gasteiger partial charge in [0.1, 0.15) is 0 Å². The van der Waals surface area contributed by atoms with E-state index in [1.807, 2.05) is 0 Å². The van der Waals surface area contributed by atoms with Crippen molar-refractivity contribution in [2.24, 2.45) is 0 Å². The van der Waals surface area contributed by atoms with Crippen LogP contribution in [0.15, 0.2) is 36.9 Å². The topological polar surface area (TPSA) is 96.0 Å². The van der Waals surface area contributed by atoms with Crippen molar-refractivity contribution < 1.29 is 33.4 Å². The lowest BCUT2D eigenvalue weighted by Gasteiger charge is -2.09. The Kier molecular flexibility index (Phi) is 6.42. The van der Waals surface area contributed by atoms with Crippen LogP contribution in [-0.2, 0) is 23.9 Å². The van der Waals surface area contributed by atoms with Crippen LogP contribution in [0.5, 0.6) is 11.5 Å². The minimum Gasteiger partial charge on any atom is -0.423 e. The molecule has 7 heteroatoms. The molecule has 1 aromatic rings. The Morgan fingerprint density at radius 1 is 0.957 bits per heavy atom. The fourth-order valence-corrected chi connectivity index (χ4v) is 1.44. The fraction of sp³-hybridized carbons (Fsp3) is 0.125. The molecular weight excluding hydrogens is 304 g/mol. The second-order valence-corrected chi connectivity index (χ2v) is 4.17. The molecule has 0 aliphatic heterocycles. The highest BCUT2D eigenvalue weighted by Crippen LogP contribution is 2.29. The number of carbonyl (C=O) groups is 4. The first-order valence-electron chi connectivity index (χ1n) is 6.39. The Morgan fingerprint density at radius 3 is 2.13 bits per heavy atom. The summed E-state index contributed by atoms with van der Waals surface area (Å²) >= 11 is 0. The van der Waals surface area contributed by atoms with Crippen molar-refractivity contribution in [3.8, 4) is 11.5 Å². The normalized spacial score (nSPS) is 10.0. The third-order valence-electron chi connectivity index (χ3n) is 2.25. The van der Waals surface area contributed by atoms with E-state index in [9.17, 15) is 19.2 Å². The number of esters is 4. The Balaban J connectivity index is 2.97. The molecule has 0 aliphatic carbocycles. The largest absolute Gasteiger partial charge is 0.423 e. The van der Waals surface area contributed by atoms with Crippen molar-refractivity contribution in [2.45, 2.75) is 13.8 Å². The molecule has 0 unspecified atom stereocenters. The molecule has 120 valence electrons.